The third-order valence-electron chi connectivity index (χ3n) is 6.04. The minimum absolute atomic E-state index is 0.0868. The Bertz CT molecular complexity index is 1100. The second-order valence-corrected chi connectivity index (χ2v) is 8.68. The highest BCUT2D eigenvalue weighted by Gasteiger charge is 2.28. The van der Waals surface area contributed by atoms with Crippen LogP contribution in [0.4, 0.5) is 0 Å². The molecule has 1 fully saturated rings. The van der Waals surface area contributed by atoms with E-state index in [0.717, 1.165) is 36.5 Å². The van der Waals surface area contributed by atoms with Gasteiger partial charge >= 0.3 is 0 Å². The summed E-state index contributed by atoms with van der Waals surface area (Å²) in [6.45, 7) is 12.2. The third-order valence-corrected chi connectivity index (χ3v) is 6.04. The van der Waals surface area contributed by atoms with Crippen molar-refractivity contribution in [1.82, 2.24) is 15.0 Å². The molecule has 0 aliphatic carbocycles. The number of hydrogen-bond donors (Lipinski definition) is 0. The molecule has 0 N–H and O–H groups in total. The second kappa shape index (κ2) is 9.57. The first-order valence-electron chi connectivity index (χ1n) is 11.1. The summed E-state index contributed by atoms with van der Waals surface area (Å²) < 4.78 is 11.4. The van der Waals surface area contributed by atoms with Gasteiger partial charge in [-0.3, -0.25) is 9.69 Å². The molecule has 0 bridgehead atoms. The van der Waals surface area contributed by atoms with E-state index in [-0.39, 0.29) is 12.5 Å². The molecule has 1 saturated heterocycles. The molecule has 6 nitrogen and oxygen atoms in total. The van der Waals surface area contributed by atoms with Crippen LogP contribution in [0.1, 0.15) is 44.1 Å². The van der Waals surface area contributed by atoms with Crippen LogP contribution in [0.25, 0.3) is 0 Å². The predicted octanol–water partition coefficient (Wildman–Crippen LogP) is 4.45. The van der Waals surface area contributed by atoms with Gasteiger partial charge in [-0.2, -0.15) is 0 Å². The predicted molar refractivity (Wildman–Crippen MR) is 124 cm³/mol. The number of ether oxygens (including phenoxy) is 1. The van der Waals surface area contributed by atoms with Crippen molar-refractivity contribution in [3.8, 4) is 5.75 Å². The molecule has 1 amide bonds. The van der Waals surface area contributed by atoms with E-state index in [9.17, 15) is 4.79 Å². The topological polar surface area (TPSA) is 58.8 Å². The largest absolute Gasteiger partial charge is 0.488 e. The van der Waals surface area contributed by atoms with Gasteiger partial charge in [-0.05, 0) is 44.9 Å². The first kappa shape index (κ1) is 22.1. The molecule has 1 aromatic heterocycles. The number of benzene rings is 2. The molecule has 3 aromatic rings. The molecule has 0 spiro atoms. The minimum atomic E-state index is -0.0868. The zero-order chi connectivity index (χ0) is 22.7. The summed E-state index contributed by atoms with van der Waals surface area (Å²) in [5, 5.41) is 4.08. The fraction of sp³-hybridized carbons (Fsp3) is 0.385. The highest BCUT2D eigenvalue weighted by Crippen LogP contribution is 2.23. The fourth-order valence-corrected chi connectivity index (χ4v) is 4.17. The molecule has 32 heavy (non-hydrogen) atoms. The maximum atomic E-state index is 13.2. The van der Waals surface area contributed by atoms with E-state index in [1.165, 1.54) is 16.7 Å². The smallest absolute Gasteiger partial charge is 0.276 e. The van der Waals surface area contributed by atoms with Crippen LogP contribution in [-0.2, 0) is 13.2 Å². The van der Waals surface area contributed by atoms with Crippen LogP contribution >= 0.6 is 0 Å². The van der Waals surface area contributed by atoms with Crippen LogP contribution in [0.3, 0.4) is 0 Å². The fourth-order valence-electron chi connectivity index (χ4n) is 4.17. The highest BCUT2D eigenvalue weighted by molar-refractivity contribution is 5.93. The molecule has 0 saturated carbocycles. The lowest BCUT2D eigenvalue weighted by Gasteiger charge is -2.34. The Kier molecular flexibility index (Phi) is 6.61. The number of amides is 1. The number of carbonyl (C=O) groups excluding carboxylic acids is 1. The Hall–Kier alpha value is -3.12. The lowest BCUT2D eigenvalue weighted by Crippen LogP contribution is -2.48. The van der Waals surface area contributed by atoms with Crippen LogP contribution < -0.4 is 4.74 Å². The average Bonchev–Trinajstić information content (AvgIpc) is 3.13. The first-order chi connectivity index (χ1) is 15.4. The molecule has 2 aromatic carbocycles. The van der Waals surface area contributed by atoms with Crippen molar-refractivity contribution < 1.29 is 14.1 Å². The normalized spacial score (nSPS) is 14.6. The Balaban J connectivity index is 1.38. The number of piperazine rings is 1. The minimum Gasteiger partial charge on any atom is -0.488 e. The van der Waals surface area contributed by atoms with Gasteiger partial charge in [0.25, 0.3) is 5.91 Å². The summed E-state index contributed by atoms with van der Waals surface area (Å²) in [7, 11) is 0. The van der Waals surface area contributed by atoms with Crippen LogP contribution in [0, 0.1) is 27.7 Å². The van der Waals surface area contributed by atoms with Crippen molar-refractivity contribution >= 4 is 5.91 Å². The molecule has 2 heterocycles. The lowest BCUT2D eigenvalue weighted by molar-refractivity contribution is 0.0616. The monoisotopic (exact) mass is 433 g/mol. The lowest BCUT2D eigenvalue weighted by atomic mass is 10.1. The third kappa shape index (κ3) is 5.02. The molecule has 168 valence electrons. The van der Waals surface area contributed by atoms with Gasteiger partial charge in [0.15, 0.2) is 5.69 Å². The number of rotatable bonds is 6. The summed E-state index contributed by atoms with van der Waals surface area (Å²) in [5.74, 6) is 1.34. The van der Waals surface area contributed by atoms with Crippen LogP contribution in [0.15, 0.2) is 47.0 Å². The van der Waals surface area contributed by atoms with Crippen molar-refractivity contribution in [2.45, 2.75) is 40.8 Å². The van der Waals surface area contributed by atoms with Gasteiger partial charge in [0, 0.05) is 32.7 Å². The van der Waals surface area contributed by atoms with Crippen molar-refractivity contribution in [3.63, 3.8) is 0 Å². The number of nitrogens with zero attached hydrogens (tertiary/aromatic N) is 3. The molecule has 0 radical (unpaired) electrons. The van der Waals surface area contributed by atoms with Gasteiger partial charge in [-0.1, -0.05) is 52.7 Å². The zero-order valence-electron chi connectivity index (χ0n) is 19.4. The van der Waals surface area contributed by atoms with Crippen LogP contribution in [0.2, 0.25) is 0 Å². The van der Waals surface area contributed by atoms with Gasteiger partial charge in [-0.15, -0.1) is 0 Å². The van der Waals surface area contributed by atoms with Crippen molar-refractivity contribution in [1.29, 1.82) is 0 Å². The maximum Gasteiger partial charge on any atom is 0.276 e. The van der Waals surface area contributed by atoms with E-state index in [2.05, 4.69) is 54.2 Å². The molecule has 0 atom stereocenters. The zero-order valence-corrected chi connectivity index (χ0v) is 19.4. The highest BCUT2D eigenvalue weighted by atomic mass is 16.5. The number of aryl methyl sites for hydroxylation is 4. The molecule has 4 rings (SSSR count). The molecule has 1 aliphatic rings. The summed E-state index contributed by atoms with van der Waals surface area (Å²) >= 11 is 0. The van der Waals surface area contributed by atoms with Gasteiger partial charge in [0.1, 0.15) is 18.1 Å². The van der Waals surface area contributed by atoms with Crippen LogP contribution in [-0.4, -0.2) is 47.0 Å². The van der Waals surface area contributed by atoms with Gasteiger partial charge in [-0.25, -0.2) is 0 Å². The van der Waals surface area contributed by atoms with E-state index in [4.69, 9.17) is 9.26 Å². The van der Waals surface area contributed by atoms with Gasteiger partial charge < -0.3 is 14.2 Å². The number of carbonyl (C=O) groups is 1. The van der Waals surface area contributed by atoms with E-state index >= 15 is 0 Å². The van der Waals surface area contributed by atoms with E-state index in [1.807, 2.05) is 30.9 Å². The Morgan fingerprint density at radius 3 is 2.47 bits per heavy atom. The van der Waals surface area contributed by atoms with E-state index in [0.29, 0.717) is 24.5 Å². The van der Waals surface area contributed by atoms with Crippen molar-refractivity contribution in [2.75, 3.05) is 26.2 Å². The quantitative estimate of drug-likeness (QED) is 0.575. The van der Waals surface area contributed by atoms with Crippen molar-refractivity contribution in [2.24, 2.45) is 0 Å². The Labute approximate surface area is 189 Å². The SMILES string of the molecule is Cc1cccc(CN2CCN(C(=O)c3noc(C)c3COc3ccc(C)cc3C)CC2)c1. The van der Waals surface area contributed by atoms with Gasteiger partial charge in [0.05, 0.1) is 5.56 Å². The standard InChI is InChI=1S/C26H31N3O3/c1-18-6-5-7-22(15-18)16-28-10-12-29(13-11-28)26(30)25-23(21(4)32-27-25)17-31-24-9-8-19(2)14-20(24)3/h5-9,14-15H,10-13,16-17H2,1-4H3. The molecular weight excluding hydrogens is 402 g/mol. The molecule has 6 heteroatoms. The summed E-state index contributed by atoms with van der Waals surface area (Å²) in [4.78, 5) is 17.4. The Morgan fingerprint density at radius 1 is 1.00 bits per heavy atom. The first-order valence-corrected chi connectivity index (χ1v) is 11.1. The summed E-state index contributed by atoms with van der Waals surface area (Å²) in [6.07, 6.45) is 0. The Morgan fingerprint density at radius 2 is 1.75 bits per heavy atom. The summed E-state index contributed by atoms with van der Waals surface area (Å²) in [6, 6.07) is 14.6. The van der Waals surface area contributed by atoms with E-state index < -0.39 is 0 Å². The number of aromatic nitrogens is 1. The average molecular weight is 434 g/mol. The maximum absolute atomic E-state index is 13.2. The molecule has 1 aliphatic heterocycles. The van der Waals surface area contributed by atoms with Crippen LogP contribution in [0.5, 0.6) is 5.75 Å². The van der Waals surface area contributed by atoms with E-state index in [1.54, 1.807) is 0 Å². The number of hydrogen-bond acceptors (Lipinski definition) is 5. The van der Waals surface area contributed by atoms with Gasteiger partial charge in [0.2, 0.25) is 0 Å². The summed E-state index contributed by atoms with van der Waals surface area (Å²) in [5.41, 5.74) is 5.91. The molecule has 0 unspecified atom stereocenters. The second-order valence-electron chi connectivity index (χ2n) is 8.68. The molecular formula is C26H31N3O3. The van der Waals surface area contributed by atoms with Crippen molar-refractivity contribution in [3.05, 3.63) is 81.7 Å².